The first-order valence-corrected chi connectivity index (χ1v) is 10.7. The van der Waals surface area contributed by atoms with E-state index in [-0.39, 0.29) is 11.7 Å². The van der Waals surface area contributed by atoms with Crippen molar-refractivity contribution in [3.63, 3.8) is 0 Å². The zero-order valence-corrected chi connectivity index (χ0v) is 17.8. The molecule has 5 nitrogen and oxygen atoms in total. The lowest BCUT2D eigenvalue weighted by Crippen LogP contribution is -2.14. The Hall–Kier alpha value is -3.09. The number of aromatic nitrogens is 3. The molecule has 0 spiro atoms. The van der Waals surface area contributed by atoms with E-state index in [1.165, 1.54) is 11.8 Å². The molecule has 4 aromatic rings. The van der Waals surface area contributed by atoms with E-state index in [0.29, 0.717) is 16.0 Å². The van der Waals surface area contributed by atoms with Gasteiger partial charge in [0.25, 0.3) is 0 Å². The molecule has 0 aliphatic rings. The van der Waals surface area contributed by atoms with E-state index in [0.717, 1.165) is 22.5 Å². The lowest BCUT2D eigenvalue weighted by atomic mass is 10.2. The average molecular weight is 435 g/mol. The summed E-state index contributed by atoms with van der Waals surface area (Å²) in [7, 11) is 0. The summed E-state index contributed by atoms with van der Waals surface area (Å²) >= 11 is 7.73. The molecule has 3 aromatic carbocycles. The number of nitrogens with zero attached hydrogens (tertiary/aromatic N) is 3. The third-order valence-electron chi connectivity index (χ3n) is 4.40. The molecule has 1 amide bonds. The van der Waals surface area contributed by atoms with Crippen molar-refractivity contribution in [3.8, 4) is 17.1 Å². The van der Waals surface area contributed by atoms with E-state index in [2.05, 4.69) is 15.5 Å². The van der Waals surface area contributed by atoms with Gasteiger partial charge in [-0.3, -0.25) is 9.36 Å². The molecule has 0 aliphatic carbocycles. The molecule has 0 atom stereocenters. The van der Waals surface area contributed by atoms with Gasteiger partial charge in [0.05, 0.1) is 10.8 Å². The molecule has 150 valence electrons. The first kappa shape index (κ1) is 20.2. The molecule has 0 saturated heterocycles. The molecule has 30 heavy (non-hydrogen) atoms. The van der Waals surface area contributed by atoms with Crippen LogP contribution < -0.4 is 5.32 Å². The van der Waals surface area contributed by atoms with E-state index in [1.54, 1.807) is 0 Å². The first-order valence-electron chi connectivity index (χ1n) is 9.37. The van der Waals surface area contributed by atoms with Crippen LogP contribution in [0.1, 0.15) is 5.56 Å². The topological polar surface area (TPSA) is 59.8 Å². The minimum atomic E-state index is -0.104. The molecule has 7 heteroatoms. The number of hydrogen-bond acceptors (Lipinski definition) is 4. The van der Waals surface area contributed by atoms with E-state index in [4.69, 9.17) is 11.6 Å². The number of aryl methyl sites for hydroxylation is 1. The molecule has 0 unspecified atom stereocenters. The van der Waals surface area contributed by atoms with Gasteiger partial charge in [-0.2, -0.15) is 0 Å². The molecule has 1 heterocycles. The van der Waals surface area contributed by atoms with E-state index in [9.17, 15) is 4.79 Å². The number of nitrogens with one attached hydrogen (secondary N) is 1. The van der Waals surface area contributed by atoms with Crippen molar-refractivity contribution in [1.29, 1.82) is 0 Å². The maximum atomic E-state index is 12.5. The Balaban J connectivity index is 1.60. The normalized spacial score (nSPS) is 10.7. The van der Waals surface area contributed by atoms with Crippen LogP contribution in [0.25, 0.3) is 17.1 Å². The van der Waals surface area contributed by atoms with E-state index in [1.807, 2.05) is 90.4 Å². The smallest absolute Gasteiger partial charge is 0.234 e. The highest BCUT2D eigenvalue weighted by Crippen LogP contribution is 2.31. The van der Waals surface area contributed by atoms with Crippen LogP contribution in [0.2, 0.25) is 5.02 Å². The molecule has 0 radical (unpaired) electrons. The molecule has 0 aliphatic heterocycles. The highest BCUT2D eigenvalue weighted by atomic mass is 35.5. The van der Waals surface area contributed by atoms with Crippen molar-refractivity contribution in [2.45, 2.75) is 12.1 Å². The summed E-state index contributed by atoms with van der Waals surface area (Å²) in [4.78, 5) is 12.5. The lowest BCUT2D eigenvalue weighted by Gasteiger charge is -2.11. The Kier molecular flexibility index (Phi) is 6.16. The molecule has 4 rings (SSSR count). The van der Waals surface area contributed by atoms with Crippen LogP contribution in [-0.4, -0.2) is 26.4 Å². The number of halogens is 1. The Labute approximate surface area is 184 Å². The second kappa shape index (κ2) is 9.15. The molecule has 0 bridgehead atoms. The van der Waals surface area contributed by atoms with Gasteiger partial charge in [-0.15, -0.1) is 10.2 Å². The Morgan fingerprint density at radius 2 is 1.77 bits per heavy atom. The molecule has 1 N–H and O–H groups in total. The van der Waals surface area contributed by atoms with Gasteiger partial charge < -0.3 is 5.32 Å². The van der Waals surface area contributed by atoms with Gasteiger partial charge in [0.2, 0.25) is 5.91 Å². The lowest BCUT2D eigenvalue weighted by molar-refractivity contribution is -0.113. The SMILES string of the molecule is Cc1cccc(NC(=O)CSc2nnc(-c3ccccc3Cl)n2-c2ccccc2)c1. The third kappa shape index (κ3) is 4.56. The molecule has 1 aromatic heterocycles. The summed E-state index contributed by atoms with van der Waals surface area (Å²) in [6, 6.07) is 25.0. The maximum Gasteiger partial charge on any atom is 0.234 e. The number of thioether (sulfide) groups is 1. The van der Waals surface area contributed by atoms with Crippen LogP contribution in [0.5, 0.6) is 0 Å². The standard InChI is InChI=1S/C23H19ClN4OS/c1-16-8-7-9-17(14-16)25-21(29)15-30-23-27-26-22(19-12-5-6-13-20(19)24)28(23)18-10-3-2-4-11-18/h2-14H,15H2,1H3,(H,25,29). The maximum absolute atomic E-state index is 12.5. The van der Waals surface area contributed by atoms with Crippen LogP contribution in [0.3, 0.4) is 0 Å². The monoisotopic (exact) mass is 434 g/mol. The number of para-hydroxylation sites is 1. The van der Waals surface area contributed by atoms with Crippen molar-refractivity contribution >= 4 is 35.0 Å². The van der Waals surface area contributed by atoms with Gasteiger partial charge in [0, 0.05) is 16.9 Å². The van der Waals surface area contributed by atoms with Gasteiger partial charge in [-0.05, 0) is 48.9 Å². The summed E-state index contributed by atoms with van der Waals surface area (Å²) in [5.74, 6) is 0.738. The van der Waals surface area contributed by atoms with Crippen LogP contribution in [0, 0.1) is 6.92 Å². The highest BCUT2D eigenvalue weighted by Gasteiger charge is 2.18. The highest BCUT2D eigenvalue weighted by molar-refractivity contribution is 7.99. The number of benzene rings is 3. The Morgan fingerprint density at radius 3 is 2.53 bits per heavy atom. The molecule has 0 saturated carbocycles. The number of hydrogen-bond donors (Lipinski definition) is 1. The molecule has 0 fully saturated rings. The number of carbonyl (C=O) groups excluding carboxylic acids is 1. The van der Waals surface area contributed by atoms with Gasteiger partial charge in [0.1, 0.15) is 0 Å². The van der Waals surface area contributed by atoms with Gasteiger partial charge >= 0.3 is 0 Å². The summed E-state index contributed by atoms with van der Waals surface area (Å²) < 4.78 is 1.92. The van der Waals surface area contributed by atoms with Crippen LogP contribution in [0.4, 0.5) is 5.69 Å². The number of anilines is 1. The fourth-order valence-corrected chi connectivity index (χ4v) is 4.01. The summed E-state index contributed by atoms with van der Waals surface area (Å²) in [5, 5.41) is 12.8. The van der Waals surface area contributed by atoms with Gasteiger partial charge in [0.15, 0.2) is 11.0 Å². The van der Waals surface area contributed by atoms with Crippen molar-refractivity contribution in [1.82, 2.24) is 14.8 Å². The molecular weight excluding hydrogens is 416 g/mol. The second-order valence-corrected chi connectivity index (χ2v) is 8.01. The predicted octanol–water partition coefficient (Wildman–Crippen LogP) is 5.63. The zero-order valence-electron chi connectivity index (χ0n) is 16.2. The Morgan fingerprint density at radius 1 is 1.00 bits per heavy atom. The molecular formula is C23H19ClN4OS. The fourth-order valence-electron chi connectivity index (χ4n) is 3.04. The number of carbonyl (C=O) groups is 1. The van der Waals surface area contributed by atoms with Crippen LogP contribution >= 0.6 is 23.4 Å². The van der Waals surface area contributed by atoms with Crippen LogP contribution in [0.15, 0.2) is 84.0 Å². The van der Waals surface area contributed by atoms with Crippen molar-refractivity contribution in [2.24, 2.45) is 0 Å². The quantitative estimate of drug-likeness (QED) is 0.400. The number of amides is 1. The van der Waals surface area contributed by atoms with Crippen molar-refractivity contribution < 1.29 is 4.79 Å². The Bertz CT molecular complexity index is 1180. The predicted molar refractivity (Wildman–Crippen MR) is 122 cm³/mol. The summed E-state index contributed by atoms with van der Waals surface area (Å²) in [5.41, 5.74) is 3.56. The minimum absolute atomic E-state index is 0.104. The van der Waals surface area contributed by atoms with E-state index < -0.39 is 0 Å². The van der Waals surface area contributed by atoms with E-state index >= 15 is 0 Å². The minimum Gasteiger partial charge on any atom is -0.325 e. The van der Waals surface area contributed by atoms with Crippen molar-refractivity contribution in [3.05, 3.63) is 89.4 Å². The largest absolute Gasteiger partial charge is 0.325 e. The summed E-state index contributed by atoms with van der Waals surface area (Å²) in [6.07, 6.45) is 0. The summed E-state index contributed by atoms with van der Waals surface area (Å²) in [6.45, 7) is 1.99. The van der Waals surface area contributed by atoms with Crippen molar-refractivity contribution in [2.75, 3.05) is 11.1 Å². The average Bonchev–Trinajstić information content (AvgIpc) is 3.17. The second-order valence-electron chi connectivity index (χ2n) is 6.66. The van der Waals surface area contributed by atoms with Gasteiger partial charge in [-0.25, -0.2) is 0 Å². The first-order chi connectivity index (χ1) is 14.6. The third-order valence-corrected chi connectivity index (χ3v) is 5.66. The van der Waals surface area contributed by atoms with Gasteiger partial charge in [-0.1, -0.05) is 65.8 Å². The number of rotatable bonds is 6. The van der Waals surface area contributed by atoms with Crippen LogP contribution in [-0.2, 0) is 4.79 Å². The fraction of sp³-hybridized carbons (Fsp3) is 0.0870. The zero-order chi connectivity index (χ0) is 20.9.